The standard InChI is InChI=1S/C12H17F3N2O2S/c1-9(2)17(8-12(13,14)15)20(18,19)11-5-3-4-10(6-11)7-16/h3-6,9H,7-8,16H2,1-2H3. The molecule has 114 valence electrons. The first-order valence-electron chi connectivity index (χ1n) is 5.95. The second-order valence-electron chi connectivity index (χ2n) is 4.61. The molecule has 0 aliphatic heterocycles. The topological polar surface area (TPSA) is 63.4 Å². The molecule has 0 aromatic heterocycles. The van der Waals surface area contributed by atoms with Crippen LogP contribution in [0.4, 0.5) is 13.2 Å². The zero-order valence-electron chi connectivity index (χ0n) is 11.2. The third-order valence-electron chi connectivity index (χ3n) is 2.65. The summed E-state index contributed by atoms with van der Waals surface area (Å²) in [6.45, 7) is 1.40. The van der Waals surface area contributed by atoms with E-state index >= 15 is 0 Å². The summed E-state index contributed by atoms with van der Waals surface area (Å²) in [6.07, 6.45) is -4.59. The molecule has 1 aromatic carbocycles. The van der Waals surface area contributed by atoms with Crippen LogP contribution in [-0.2, 0) is 16.6 Å². The lowest BCUT2D eigenvalue weighted by Crippen LogP contribution is -2.43. The van der Waals surface area contributed by atoms with Crippen LogP contribution in [0.25, 0.3) is 0 Å². The van der Waals surface area contributed by atoms with Crippen molar-refractivity contribution in [1.82, 2.24) is 4.31 Å². The Bertz CT molecular complexity index is 556. The molecule has 2 N–H and O–H groups in total. The van der Waals surface area contributed by atoms with Gasteiger partial charge in [0.1, 0.15) is 6.54 Å². The van der Waals surface area contributed by atoms with Crippen LogP contribution < -0.4 is 5.73 Å². The molecule has 1 rings (SSSR count). The minimum Gasteiger partial charge on any atom is -0.326 e. The van der Waals surface area contributed by atoms with Crippen molar-refractivity contribution < 1.29 is 21.6 Å². The summed E-state index contributed by atoms with van der Waals surface area (Å²) >= 11 is 0. The Balaban J connectivity index is 3.22. The molecule has 0 aliphatic carbocycles. The summed E-state index contributed by atoms with van der Waals surface area (Å²) in [5, 5.41) is 0. The fourth-order valence-electron chi connectivity index (χ4n) is 1.69. The second kappa shape index (κ2) is 6.11. The molecule has 0 bridgehead atoms. The van der Waals surface area contributed by atoms with Crippen LogP contribution in [0.2, 0.25) is 0 Å². The third-order valence-corrected chi connectivity index (χ3v) is 4.67. The number of hydrogen-bond donors (Lipinski definition) is 1. The van der Waals surface area contributed by atoms with Gasteiger partial charge in [0.05, 0.1) is 4.90 Å². The van der Waals surface area contributed by atoms with Gasteiger partial charge in [-0.3, -0.25) is 0 Å². The highest BCUT2D eigenvalue weighted by atomic mass is 32.2. The smallest absolute Gasteiger partial charge is 0.326 e. The molecular formula is C12H17F3N2O2S. The van der Waals surface area contributed by atoms with E-state index < -0.39 is 28.8 Å². The van der Waals surface area contributed by atoms with Gasteiger partial charge in [-0.15, -0.1) is 0 Å². The highest BCUT2D eigenvalue weighted by Crippen LogP contribution is 2.25. The SMILES string of the molecule is CC(C)N(CC(F)(F)F)S(=O)(=O)c1cccc(CN)c1. The van der Waals surface area contributed by atoms with Crippen molar-refractivity contribution in [2.45, 2.75) is 37.5 Å². The van der Waals surface area contributed by atoms with Crippen LogP contribution >= 0.6 is 0 Å². The molecule has 0 atom stereocenters. The molecule has 8 heteroatoms. The molecule has 0 saturated carbocycles. The molecule has 0 spiro atoms. The van der Waals surface area contributed by atoms with E-state index in [1.807, 2.05) is 0 Å². The van der Waals surface area contributed by atoms with Gasteiger partial charge in [0, 0.05) is 12.6 Å². The Labute approximate surface area is 116 Å². The highest BCUT2D eigenvalue weighted by molar-refractivity contribution is 7.89. The largest absolute Gasteiger partial charge is 0.402 e. The molecule has 0 aliphatic rings. The van der Waals surface area contributed by atoms with Crippen LogP contribution in [0, 0.1) is 0 Å². The zero-order valence-corrected chi connectivity index (χ0v) is 12.0. The van der Waals surface area contributed by atoms with Crippen molar-refractivity contribution in [3.63, 3.8) is 0 Å². The lowest BCUT2D eigenvalue weighted by atomic mass is 10.2. The average Bonchev–Trinajstić information content (AvgIpc) is 2.34. The predicted octanol–water partition coefficient (Wildman–Crippen LogP) is 2.11. The Kier molecular flexibility index (Phi) is 5.17. The van der Waals surface area contributed by atoms with Gasteiger partial charge in [-0.25, -0.2) is 8.42 Å². The number of benzene rings is 1. The zero-order chi connectivity index (χ0) is 15.6. The number of sulfonamides is 1. The Morgan fingerprint density at radius 3 is 2.35 bits per heavy atom. The van der Waals surface area contributed by atoms with Crippen LogP contribution in [0.3, 0.4) is 0 Å². The predicted molar refractivity (Wildman–Crippen MR) is 69.4 cm³/mol. The van der Waals surface area contributed by atoms with Crippen molar-refractivity contribution >= 4 is 10.0 Å². The maximum absolute atomic E-state index is 12.5. The van der Waals surface area contributed by atoms with E-state index in [-0.39, 0.29) is 11.4 Å². The Hall–Kier alpha value is -1.12. The lowest BCUT2D eigenvalue weighted by molar-refractivity contribution is -0.138. The normalized spacial score (nSPS) is 13.2. The molecule has 0 radical (unpaired) electrons. The van der Waals surface area contributed by atoms with E-state index in [4.69, 9.17) is 5.73 Å². The minimum atomic E-state index is -4.59. The number of hydrogen-bond acceptors (Lipinski definition) is 3. The van der Waals surface area contributed by atoms with E-state index in [0.29, 0.717) is 9.87 Å². The van der Waals surface area contributed by atoms with Crippen LogP contribution in [-0.4, -0.2) is 31.5 Å². The first-order chi connectivity index (χ1) is 9.08. The molecule has 20 heavy (non-hydrogen) atoms. The molecule has 0 fully saturated rings. The molecule has 0 amide bonds. The number of halogens is 3. The van der Waals surface area contributed by atoms with Crippen LogP contribution in [0.1, 0.15) is 19.4 Å². The molecule has 1 aromatic rings. The van der Waals surface area contributed by atoms with Crippen molar-refractivity contribution in [2.24, 2.45) is 5.73 Å². The summed E-state index contributed by atoms with van der Waals surface area (Å²) in [5.74, 6) is 0. The fourth-order valence-corrected chi connectivity index (χ4v) is 3.38. The van der Waals surface area contributed by atoms with Crippen molar-refractivity contribution in [1.29, 1.82) is 0 Å². The number of nitrogens with zero attached hydrogens (tertiary/aromatic N) is 1. The van der Waals surface area contributed by atoms with E-state index in [9.17, 15) is 21.6 Å². The molecule has 0 unspecified atom stereocenters. The van der Waals surface area contributed by atoms with Crippen LogP contribution in [0.5, 0.6) is 0 Å². The Morgan fingerprint density at radius 2 is 1.90 bits per heavy atom. The summed E-state index contributed by atoms with van der Waals surface area (Å²) in [5.41, 5.74) is 5.95. The maximum atomic E-state index is 12.5. The van der Waals surface area contributed by atoms with E-state index in [0.717, 1.165) is 0 Å². The van der Waals surface area contributed by atoms with Gasteiger partial charge in [-0.1, -0.05) is 12.1 Å². The van der Waals surface area contributed by atoms with Gasteiger partial charge in [-0.05, 0) is 31.5 Å². The van der Waals surface area contributed by atoms with Crippen molar-refractivity contribution in [3.05, 3.63) is 29.8 Å². The van der Waals surface area contributed by atoms with Gasteiger partial charge in [0.2, 0.25) is 10.0 Å². The quantitative estimate of drug-likeness (QED) is 0.906. The first kappa shape index (κ1) is 16.9. The molecule has 0 saturated heterocycles. The Morgan fingerprint density at radius 1 is 1.30 bits per heavy atom. The van der Waals surface area contributed by atoms with Crippen molar-refractivity contribution in [3.8, 4) is 0 Å². The van der Waals surface area contributed by atoms with Crippen LogP contribution in [0.15, 0.2) is 29.2 Å². The van der Waals surface area contributed by atoms with Gasteiger partial charge in [-0.2, -0.15) is 17.5 Å². The lowest BCUT2D eigenvalue weighted by Gasteiger charge is -2.27. The average molecular weight is 310 g/mol. The number of rotatable bonds is 5. The highest BCUT2D eigenvalue weighted by Gasteiger charge is 2.38. The third kappa shape index (κ3) is 4.19. The summed E-state index contributed by atoms with van der Waals surface area (Å²) in [4.78, 5) is -0.182. The summed E-state index contributed by atoms with van der Waals surface area (Å²) in [7, 11) is -4.21. The summed E-state index contributed by atoms with van der Waals surface area (Å²) in [6, 6.07) is 4.83. The van der Waals surface area contributed by atoms with Gasteiger partial charge in [0.25, 0.3) is 0 Å². The van der Waals surface area contributed by atoms with E-state index in [1.165, 1.54) is 32.0 Å². The molecular weight excluding hydrogens is 293 g/mol. The number of nitrogens with two attached hydrogens (primary N) is 1. The van der Waals surface area contributed by atoms with Gasteiger partial charge >= 0.3 is 6.18 Å². The summed E-state index contributed by atoms with van der Waals surface area (Å²) < 4.78 is 62.6. The first-order valence-corrected chi connectivity index (χ1v) is 7.39. The van der Waals surface area contributed by atoms with Gasteiger partial charge in [0.15, 0.2) is 0 Å². The molecule has 0 heterocycles. The second-order valence-corrected chi connectivity index (χ2v) is 6.50. The minimum absolute atomic E-state index is 0.115. The van der Waals surface area contributed by atoms with Crippen molar-refractivity contribution in [2.75, 3.05) is 6.54 Å². The van der Waals surface area contributed by atoms with E-state index in [1.54, 1.807) is 6.07 Å². The monoisotopic (exact) mass is 310 g/mol. The number of alkyl halides is 3. The van der Waals surface area contributed by atoms with E-state index in [2.05, 4.69) is 0 Å². The molecule has 4 nitrogen and oxygen atoms in total. The van der Waals surface area contributed by atoms with Gasteiger partial charge < -0.3 is 5.73 Å². The maximum Gasteiger partial charge on any atom is 0.402 e. The fraction of sp³-hybridized carbons (Fsp3) is 0.500.